The minimum Gasteiger partial charge on any atom is -0.493 e. The lowest BCUT2D eigenvalue weighted by Crippen LogP contribution is -2.30. The van der Waals surface area contributed by atoms with Gasteiger partial charge in [0.05, 0.1) is 33.2 Å². The van der Waals surface area contributed by atoms with Crippen LogP contribution in [0.25, 0.3) is 16.8 Å². The smallest absolute Gasteiger partial charge is 0.246 e. The van der Waals surface area contributed by atoms with Crippen molar-refractivity contribution in [2.45, 2.75) is 6.42 Å². The van der Waals surface area contributed by atoms with Gasteiger partial charge in [0.25, 0.3) is 0 Å². The molecule has 0 saturated heterocycles. The second-order valence-electron chi connectivity index (χ2n) is 6.85. The van der Waals surface area contributed by atoms with Crippen LogP contribution >= 0.6 is 0 Å². The molecule has 0 spiro atoms. The molecule has 0 amide bonds. The highest BCUT2D eigenvalue weighted by molar-refractivity contribution is 5.70. The van der Waals surface area contributed by atoms with Gasteiger partial charge < -0.3 is 19.1 Å². The molecule has 7 heteroatoms. The summed E-state index contributed by atoms with van der Waals surface area (Å²) in [6.45, 7) is 1.58. The quantitative estimate of drug-likeness (QED) is 0.618. The number of ether oxygens (including phenoxy) is 3. The van der Waals surface area contributed by atoms with E-state index in [0.717, 1.165) is 25.1 Å². The first-order chi connectivity index (χ1) is 14.7. The maximum Gasteiger partial charge on any atom is 0.246 e. The predicted molar refractivity (Wildman–Crippen MR) is 116 cm³/mol. The van der Waals surface area contributed by atoms with Gasteiger partial charge in [-0.25, -0.2) is 4.98 Å². The molecule has 0 N–H and O–H groups in total. The summed E-state index contributed by atoms with van der Waals surface area (Å²) in [5.74, 6) is 2.28. The van der Waals surface area contributed by atoms with Crippen molar-refractivity contribution in [3.05, 3.63) is 60.3 Å². The Labute approximate surface area is 175 Å². The van der Waals surface area contributed by atoms with Crippen LogP contribution in [0.15, 0.2) is 54.7 Å². The van der Waals surface area contributed by atoms with Gasteiger partial charge in [-0.15, -0.1) is 5.10 Å². The van der Waals surface area contributed by atoms with Crippen molar-refractivity contribution in [2.24, 2.45) is 0 Å². The Morgan fingerprint density at radius 3 is 2.23 bits per heavy atom. The van der Waals surface area contributed by atoms with Crippen molar-refractivity contribution >= 4 is 11.5 Å². The Hall–Kier alpha value is -3.61. The average Bonchev–Trinajstić information content (AvgIpc) is 2.83. The summed E-state index contributed by atoms with van der Waals surface area (Å²) in [6, 6.07) is 14.2. The van der Waals surface area contributed by atoms with Crippen LogP contribution in [0.4, 0.5) is 5.95 Å². The van der Waals surface area contributed by atoms with E-state index in [1.54, 1.807) is 27.5 Å². The van der Waals surface area contributed by atoms with Crippen LogP contribution in [-0.4, -0.2) is 49.6 Å². The summed E-state index contributed by atoms with van der Waals surface area (Å²) >= 11 is 0. The zero-order chi connectivity index (χ0) is 20.9. The first-order valence-electron chi connectivity index (χ1n) is 9.73. The third-order valence-corrected chi connectivity index (χ3v) is 5.14. The Morgan fingerprint density at radius 1 is 0.900 bits per heavy atom. The molecule has 0 saturated carbocycles. The highest BCUT2D eigenvalue weighted by atomic mass is 16.5. The normalized spacial score (nSPS) is 13.6. The van der Waals surface area contributed by atoms with Crippen molar-refractivity contribution < 1.29 is 14.2 Å². The van der Waals surface area contributed by atoms with Crippen LogP contribution in [0.2, 0.25) is 0 Å². The molecule has 7 nitrogen and oxygen atoms in total. The fourth-order valence-corrected chi connectivity index (χ4v) is 3.56. The van der Waals surface area contributed by atoms with E-state index in [1.807, 2.05) is 18.2 Å². The lowest BCUT2D eigenvalue weighted by atomic mass is 10.00. The van der Waals surface area contributed by atoms with Gasteiger partial charge in [0, 0.05) is 18.7 Å². The second kappa shape index (κ2) is 8.82. The summed E-state index contributed by atoms with van der Waals surface area (Å²) in [4.78, 5) is 6.87. The summed E-state index contributed by atoms with van der Waals surface area (Å²) in [7, 11) is 4.77. The third kappa shape index (κ3) is 3.91. The lowest BCUT2D eigenvalue weighted by molar-refractivity contribution is 0.324. The summed E-state index contributed by atoms with van der Waals surface area (Å²) in [5, 5.41) is 8.43. The third-order valence-electron chi connectivity index (χ3n) is 5.14. The van der Waals surface area contributed by atoms with Gasteiger partial charge in [-0.2, -0.15) is 5.10 Å². The number of nitrogens with zero attached hydrogens (tertiary/aromatic N) is 4. The Kier molecular flexibility index (Phi) is 5.79. The number of aromatic nitrogens is 3. The zero-order valence-corrected chi connectivity index (χ0v) is 17.3. The van der Waals surface area contributed by atoms with Crippen molar-refractivity contribution in [1.82, 2.24) is 15.2 Å². The molecule has 0 bridgehead atoms. The van der Waals surface area contributed by atoms with Gasteiger partial charge in [0.2, 0.25) is 11.7 Å². The van der Waals surface area contributed by atoms with Gasteiger partial charge in [-0.05, 0) is 29.7 Å². The maximum atomic E-state index is 5.45. The van der Waals surface area contributed by atoms with Crippen molar-refractivity contribution in [1.29, 1.82) is 0 Å². The average molecular weight is 404 g/mol. The molecule has 2 heterocycles. The molecule has 1 aliphatic heterocycles. The largest absolute Gasteiger partial charge is 0.493 e. The molecule has 3 aromatic rings. The van der Waals surface area contributed by atoms with E-state index in [-0.39, 0.29) is 0 Å². The molecule has 154 valence electrons. The summed E-state index contributed by atoms with van der Waals surface area (Å²) in [5.41, 5.74) is 4.12. The first kappa shape index (κ1) is 19.7. The molecule has 1 aromatic heterocycles. The van der Waals surface area contributed by atoms with E-state index in [1.165, 1.54) is 11.1 Å². The van der Waals surface area contributed by atoms with Crippen LogP contribution in [0.1, 0.15) is 12.0 Å². The Balaban J connectivity index is 1.60. The number of rotatable bonds is 6. The van der Waals surface area contributed by atoms with E-state index in [4.69, 9.17) is 19.2 Å². The van der Waals surface area contributed by atoms with Gasteiger partial charge in [-0.1, -0.05) is 36.4 Å². The summed E-state index contributed by atoms with van der Waals surface area (Å²) < 4.78 is 16.3. The number of hydrogen-bond acceptors (Lipinski definition) is 7. The SMILES string of the molecule is COc1cc(-c2cnnc(N3CC=C(c4ccccc4)CC3)n2)cc(OC)c1OC. The van der Waals surface area contributed by atoms with Crippen LogP contribution < -0.4 is 19.1 Å². The minimum atomic E-state index is 0.542. The summed E-state index contributed by atoms with van der Waals surface area (Å²) in [6.07, 6.45) is 4.80. The predicted octanol–water partition coefficient (Wildman–Crippen LogP) is 3.86. The Morgan fingerprint density at radius 2 is 1.63 bits per heavy atom. The molecule has 0 atom stereocenters. The first-order valence-corrected chi connectivity index (χ1v) is 9.73. The van der Waals surface area contributed by atoms with Gasteiger partial charge in [0.15, 0.2) is 11.5 Å². The molecule has 0 fully saturated rings. The lowest BCUT2D eigenvalue weighted by Gasteiger charge is -2.26. The van der Waals surface area contributed by atoms with Crippen LogP contribution in [0.3, 0.4) is 0 Å². The van der Waals surface area contributed by atoms with E-state index < -0.39 is 0 Å². The standard InChI is InChI=1S/C23H24N4O3/c1-28-20-13-18(14-21(29-2)22(20)30-3)19-15-24-26-23(25-19)27-11-9-17(10-12-27)16-7-5-4-6-8-16/h4-9,13-15H,10-12H2,1-3H3. The van der Waals surface area contributed by atoms with Crippen molar-refractivity contribution in [2.75, 3.05) is 39.3 Å². The topological polar surface area (TPSA) is 69.6 Å². The van der Waals surface area contributed by atoms with Gasteiger partial charge in [0.1, 0.15) is 0 Å². The highest BCUT2D eigenvalue weighted by Crippen LogP contribution is 2.40. The molecular weight excluding hydrogens is 380 g/mol. The second-order valence-corrected chi connectivity index (χ2v) is 6.85. The van der Waals surface area contributed by atoms with Crippen molar-refractivity contribution in [3.63, 3.8) is 0 Å². The number of methoxy groups -OCH3 is 3. The van der Waals surface area contributed by atoms with E-state index in [2.05, 4.69) is 45.4 Å². The maximum absolute atomic E-state index is 5.45. The molecule has 0 radical (unpaired) electrons. The van der Waals surface area contributed by atoms with Crippen LogP contribution in [-0.2, 0) is 0 Å². The molecule has 0 unspecified atom stereocenters. The molecule has 1 aliphatic rings. The number of benzene rings is 2. The Bertz CT molecular complexity index is 1030. The molecule has 2 aromatic carbocycles. The number of anilines is 1. The number of hydrogen-bond donors (Lipinski definition) is 0. The van der Waals surface area contributed by atoms with E-state index >= 15 is 0 Å². The molecule has 4 rings (SSSR count). The fourth-order valence-electron chi connectivity index (χ4n) is 3.56. The van der Waals surface area contributed by atoms with Gasteiger partial charge in [-0.3, -0.25) is 0 Å². The minimum absolute atomic E-state index is 0.542. The molecular formula is C23H24N4O3. The van der Waals surface area contributed by atoms with Crippen LogP contribution in [0, 0.1) is 0 Å². The van der Waals surface area contributed by atoms with E-state index in [0.29, 0.717) is 28.9 Å². The fraction of sp³-hybridized carbons (Fsp3) is 0.261. The van der Waals surface area contributed by atoms with Gasteiger partial charge >= 0.3 is 0 Å². The van der Waals surface area contributed by atoms with Crippen LogP contribution in [0.5, 0.6) is 17.2 Å². The van der Waals surface area contributed by atoms with E-state index in [9.17, 15) is 0 Å². The zero-order valence-electron chi connectivity index (χ0n) is 17.3. The highest BCUT2D eigenvalue weighted by Gasteiger charge is 2.19. The monoisotopic (exact) mass is 404 g/mol. The molecule has 0 aliphatic carbocycles. The van der Waals surface area contributed by atoms with Crippen molar-refractivity contribution in [3.8, 4) is 28.5 Å². The molecule has 30 heavy (non-hydrogen) atoms.